The third-order valence-electron chi connectivity index (χ3n) is 9.63. The second-order valence-electron chi connectivity index (χ2n) is 13.2. The maximum Gasteiger partial charge on any atom is 0.328 e. The number of nitrogens with zero attached hydrogens (tertiary/aromatic N) is 1. The summed E-state index contributed by atoms with van der Waals surface area (Å²) >= 11 is 6.08. The molecule has 0 saturated carbocycles. The molecule has 10 nitrogen and oxygen atoms in total. The van der Waals surface area contributed by atoms with Gasteiger partial charge in [0.25, 0.3) is 0 Å². The molecule has 4 N–H and O–H groups in total. The number of benzene rings is 4. The highest BCUT2D eigenvalue weighted by molar-refractivity contribution is 6.30. The number of methoxy groups -OCH3 is 1. The lowest BCUT2D eigenvalue weighted by atomic mass is 9.84. The highest BCUT2D eigenvalue weighted by Crippen LogP contribution is 2.40. The number of hydrogen-bond acceptors (Lipinski definition) is 8. The van der Waals surface area contributed by atoms with Crippen LogP contribution in [0.4, 0.5) is 10.5 Å². The smallest absolute Gasteiger partial charge is 0.328 e. The molecule has 51 heavy (non-hydrogen) atoms. The minimum absolute atomic E-state index is 0.0442. The Kier molecular flexibility index (Phi) is 12.0. The Morgan fingerprint density at radius 1 is 0.922 bits per heavy atom. The zero-order valence-electron chi connectivity index (χ0n) is 28.5. The summed E-state index contributed by atoms with van der Waals surface area (Å²) in [5.74, 6) is -0.542. The van der Waals surface area contributed by atoms with E-state index in [4.69, 9.17) is 25.8 Å². The van der Waals surface area contributed by atoms with Crippen LogP contribution in [0.1, 0.15) is 59.5 Å². The van der Waals surface area contributed by atoms with E-state index in [-0.39, 0.29) is 25.2 Å². The van der Waals surface area contributed by atoms with Gasteiger partial charge in [0.15, 0.2) is 6.29 Å². The minimum Gasteiger partial charge on any atom is -0.467 e. The molecule has 4 atom stereocenters. The van der Waals surface area contributed by atoms with Gasteiger partial charge in [-0.05, 0) is 59.4 Å². The number of piperidine rings is 1. The summed E-state index contributed by atoms with van der Waals surface area (Å²) in [5.41, 5.74) is 3.87. The number of hydrogen-bond donors (Lipinski definition) is 4. The average Bonchev–Trinajstić information content (AvgIpc) is 3.16. The Bertz CT molecular complexity index is 1750. The van der Waals surface area contributed by atoms with E-state index in [0.29, 0.717) is 49.6 Å². The van der Waals surface area contributed by atoms with E-state index < -0.39 is 29.9 Å². The van der Waals surface area contributed by atoms with Gasteiger partial charge in [0.2, 0.25) is 0 Å². The number of aliphatic hydroxyl groups excluding tert-OH is 1. The summed E-state index contributed by atoms with van der Waals surface area (Å²) in [4.78, 5) is 27.9. The average molecular weight is 714 g/mol. The second-order valence-corrected chi connectivity index (χ2v) is 13.6. The summed E-state index contributed by atoms with van der Waals surface area (Å²) in [7, 11) is 1.29. The van der Waals surface area contributed by atoms with Gasteiger partial charge in [0.05, 0.1) is 31.5 Å². The number of carbonyl (C=O) groups excluding carboxylic acids is 2. The van der Waals surface area contributed by atoms with Crippen LogP contribution in [0.2, 0.25) is 5.02 Å². The highest BCUT2D eigenvalue weighted by Gasteiger charge is 2.37. The molecule has 0 aliphatic carbocycles. The first kappa shape index (κ1) is 36.5. The number of amides is 2. The number of aliphatic hydroxyl groups is 2. The highest BCUT2D eigenvalue weighted by atomic mass is 35.5. The molecule has 2 aliphatic heterocycles. The zero-order chi connectivity index (χ0) is 35.8. The normalized spacial score (nSPS) is 21.0. The van der Waals surface area contributed by atoms with Gasteiger partial charge in [-0.25, -0.2) is 9.59 Å². The van der Waals surface area contributed by atoms with E-state index in [2.05, 4.69) is 15.5 Å². The summed E-state index contributed by atoms with van der Waals surface area (Å²) in [6, 6.07) is 30.4. The number of esters is 1. The quantitative estimate of drug-likeness (QED) is 0.134. The molecule has 0 bridgehead atoms. The van der Waals surface area contributed by atoms with Crippen molar-refractivity contribution in [3.63, 3.8) is 0 Å². The van der Waals surface area contributed by atoms with Gasteiger partial charge in [-0.2, -0.15) is 0 Å². The van der Waals surface area contributed by atoms with Crippen molar-refractivity contribution >= 4 is 29.3 Å². The first-order valence-electron chi connectivity index (χ1n) is 17.2. The summed E-state index contributed by atoms with van der Waals surface area (Å²) < 4.78 is 18.1. The predicted molar refractivity (Wildman–Crippen MR) is 194 cm³/mol. The molecule has 4 aromatic rings. The number of likely N-dealkylation sites (tertiary alicyclic amines) is 1. The SMILES string of the molecule is COC(=O)[C@H](Cc1ccccc1)NC(=O)Nc1cccc([C@@H]2O[C@H](CN3CCC(O)(c4ccc(Cl)cc4)CC3)C[C@H](c3ccc(CO)cc3)O2)c1. The number of carbonyl (C=O) groups is 2. The monoisotopic (exact) mass is 713 g/mol. The van der Waals surface area contributed by atoms with Crippen LogP contribution in [0, 0.1) is 0 Å². The second kappa shape index (κ2) is 16.8. The Labute approximate surface area is 303 Å². The summed E-state index contributed by atoms with van der Waals surface area (Å²) in [5, 5.41) is 27.2. The van der Waals surface area contributed by atoms with E-state index in [1.54, 1.807) is 12.1 Å². The van der Waals surface area contributed by atoms with E-state index in [0.717, 1.165) is 27.8 Å². The molecule has 6 rings (SSSR count). The van der Waals surface area contributed by atoms with Crippen LogP contribution in [0.15, 0.2) is 103 Å². The molecular formula is C40H44ClN3O7. The first-order chi connectivity index (χ1) is 24.7. The number of nitrogens with one attached hydrogen (secondary N) is 2. The fourth-order valence-electron chi connectivity index (χ4n) is 6.75. The number of urea groups is 1. The Morgan fingerprint density at radius 2 is 1.65 bits per heavy atom. The van der Waals surface area contributed by atoms with Gasteiger partial charge in [-0.15, -0.1) is 0 Å². The fourth-order valence-corrected chi connectivity index (χ4v) is 6.88. The largest absolute Gasteiger partial charge is 0.467 e. The Morgan fingerprint density at radius 3 is 2.33 bits per heavy atom. The molecule has 2 aliphatic rings. The molecule has 2 saturated heterocycles. The lowest BCUT2D eigenvalue weighted by molar-refractivity contribution is -0.253. The lowest BCUT2D eigenvalue weighted by Gasteiger charge is -2.42. The molecule has 0 unspecified atom stereocenters. The van der Waals surface area contributed by atoms with Crippen LogP contribution < -0.4 is 10.6 Å². The molecule has 2 heterocycles. The topological polar surface area (TPSA) is 130 Å². The van der Waals surface area contributed by atoms with Crippen LogP contribution in [-0.4, -0.2) is 66.0 Å². The third-order valence-corrected chi connectivity index (χ3v) is 9.88. The molecule has 2 fully saturated rings. The summed E-state index contributed by atoms with van der Waals surface area (Å²) in [6.07, 6.45) is 0.875. The number of anilines is 1. The maximum atomic E-state index is 13.1. The number of halogens is 1. The van der Waals surface area contributed by atoms with Crippen molar-refractivity contribution in [3.8, 4) is 0 Å². The molecule has 268 valence electrons. The van der Waals surface area contributed by atoms with Gasteiger partial charge >= 0.3 is 12.0 Å². The lowest BCUT2D eigenvalue weighted by Crippen LogP contribution is -2.46. The van der Waals surface area contributed by atoms with Gasteiger partial charge in [-0.3, -0.25) is 0 Å². The van der Waals surface area contributed by atoms with E-state index in [9.17, 15) is 19.8 Å². The van der Waals surface area contributed by atoms with Crippen molar-refractivity contribution in [2.45, 2.75) is 62.4 Å². The maximum absolute atomic E-state index is 13.1. The standard InChI is InChI=1S/C40H44ClN3O7/c1-49-37(46)35(22-27-6-3-2-4-7-27)43-39(47)42-33-9-5-8-30(23-33)38-50-34(24-36(51-38)29-12-10-28(26-45)11-13-29)25-44-20-18-40(48,19-21-44)31-14-16-32(41)17-15-31/h2-17,23,34-36,38,45,48H,18-22,24-26H2,1H3,(H2,42,43,47)/t34-,35-,36+,38+/m0/s1. The molecule has 0 spiro atoms. The van der Waals surface area contributed by atoms with Crippen molar-refractivity contribution in [1.29, 1.82) is 0 Å². The van der Waals surface area contributed by atoms with E-state index >= 15 is 0 Å². The minimum atomic E-state index is -0.907. The first-order valence-corrected chi connectivity index (χ1v) is 17.6. The molecular weight excluding hydrogens is 670 g/mol. The third kappa shape index (κ3) is 9.53. The van der Waals surface area contributed by atoms with Crippen molar-refractivity contribution in [1.82, 2.24) is 10.2 Å². The van der Waals surface area contributed by atoms with E-state index in [1.165, 1.54) is 7.11 Å². The van der Waals surface area contributed by atoms with E-state index in [1.807, 2.05) is 91.0 Å². The zero-order valence-corrected chi connectivity index (χ0v) is 29.3. The molecule has 2 amide bonds. The molecule has 4 aromatic carbocycles. The van der Waals surface area contributed by atoms with Gasteiger partial charge < -0.3 is 40.0 Å². The molecule has 11 heteroatoms. The van der Waals surface area contributed by atoms with Gasteiger partial charge in [-0.1, -0.05) is 90.5 Å². The Balaban J connectivity index is 1.14. The van der Waals surface area contributed by atoms with Gasteiger partial charge in [0.1, 0.15) is 6.04 Å². The Hall–Kier alpha value is -4.29. The van der Waals surface area contributed by atoms with Crippen LogP contribution in [0.3, 0.4) is 0 Å². The predicted octanol–water partition coefficient (Wildman–Crippen LogP) is 6.27. The van der Waals surface area contributed by atoms with Crippen LogP contribution in [-0.2, 0) is 37.6 Å². The van der Waals surface area contributed by atoms with Crippen LogP contribution >= 0.6 is 11.6 Å². The summed E-state index contributed by atoms with van der Waals surface area (Å²) in [6.45, 7) is 2.01. The molecule has 0 radical (unpaired) electrons. The van der Waals surface area contributed by atoms with Crippen molar-refractivity contribution < 1.29 is 34.0 Å². The fraction of sp³-hybridized carbons (Fsp3) is 0.350. The van der Waals surface area contributed by atoms with Crippen molar-refractivity contribution in [3.05, 3.63) is 136 Å². The van der Waals surface area contributed by atoms with Crippen LogP contribution in [0.25, 0.3) is 0 Å². The van der Waals surface area contributed by atoms with Crippen molar-refractivity contribution in [2.24, 2.45) is 0 Å². The number of ether oxygens (including phenoxy) is 3. The van der Waals surface area contributed by atoms with Crippen molar-refractivity contribution in [2.75, 3.05) is 32.1 Å². The van der Waals surface area contributed by atoms with Gasteiger partial charge in [0, 0.05) is 48.7 Å². The number of rotatable bonds is 11. The van der Waals surface area contributed by atoms with Crippen LogP contribution in [0.5, 0.6) is 0 Å². The molecule has 0 aromatic heterocycles.